The summed E-state index contributed by atoms with van der Waals surface area (Å²) >= 11 is 0. The van der Waals surface area contributed by atoms with Crippen LogP contribution in [0.4, 0.5) is 0 Å². The second-order valence-electron chi connectivity index (χ2n) is 6.96. The Labute approximate surface area is 115 Å². The third kappa shape index (κ3) is 6.19. The van der Waals surface area contributed by atoms with Gasteiger partial charge in [-0.15, -0.1) is 0 Å². The number of hydrogen-bond donors (Lipinski definition) is 1. The van der Waals surface area contributed by atoms with Gasteiger partial charge < -0.3 is 10.2 Å². The minimum atomic E-state index is 0.714. The summed E-state index contributed by atoms with van der Waals surface area (Å²) < 4.78 is 0. The van der Waals surface area contributed by atoms with Crippen LogP contribution in [0.3, 0.4) is 0 Å². The van der Waals surface area contributed by atoms with Crippen LogP contribution in [0.2, 0.25) is 0 Å². The highest BCUT2D eigenvalue weighted by Crippen LogP contribution is 2.18. The minimum absolute atomic E-state index is 0.714. The minimum Gasteiger partial charge on any atom is -0.314 e. The molecule has 0 saturated carbocycles. The van der Waals surface area contributed by atoms with Crippen LogP contribution in [0, 0.1) is 17.8 Å². The van der Waals surface area contributed by atoms with E-state index in [1.165, 1.54) is 45.4 Å². The first-order valence-electron chi connectivity index (χ1n) is 7.94. The number of nitrogens with one attached hydrogen (secondary N) is 1. The number of nitrogens with zero attached hydrogens (tertiary/aromatic N) is 1. The summed E-state index contributed by atoms with van der Waals surface area (Å²) in [4.78, 5) is 2.72. The third-order valence-corrected chi connectivity index (χ3v) is 4.23. The molecule has 1 saturated heterocycles. The van der Waals surface area contributed by atoms with Gasteiger partial charge in [-0.1, -0.05) is 27.7 Å². The molecule has 18 heavy (non-hydrogen) atoms. The van der Waals surface area contributed by atoms with Crippen molar-refractivity contribution in [3.05, 3.63) is 0 Å². The van der Waals surface area contributed by atoms with Crippen LogP contribution in [-0.4, -0.2) is 37.1 Å². The zero-order chi connectivity index (χ0) is 13.5. The number of rotatable bonds is 8. The monoisotopic (exact) mass is 254 g/mol. The Morgan fingerprint density at radius 2 is 1.61 bits per heavy atom. The Balaban J connectivity index is 2.37. The fraction of sp³-hybridized carbons (Fsp3) is 1.00. The highest BCUT2D eigenvalue weighted by molar-refractivity contribution is 4.82. The molecule has 1 N–H and O–H groups in total. The lowest BCUT2D eigenvalue weighted by Gasteiger charge is -2.28. The van der Waals surface area contributed by atoms with E-state index in [4.69, 9.17) is 0 Å². The van der Waals surface area contributed by atoms with Crippen molar-refractivity contribution in [2.45, 2.75) is 59.9 Å². The van der Waals surface area contributed by atoms with Crippen LogP contribution in [0.1, 0.15) is 53.9 Å². The van der Waals surface area contributed by atoms with Crippen LogP contribution < -0.4 is 5.32 Å². The summed E-state index contributed by atoms with van der Waals surface area (Å²) in [7, 11) is 0. The maximum atomic E-state index is 3.58. The molecule has 1 heterocycles. The van der Waals surface area contributed by atoms with Gasteiger partial charge in [-0.25, -0.2) is 0 Å². The van der Waals surface area contributed by atoms with Gasteiger partial charge >= 0.3 is 0 Å². The third-order valence-electron chi connectivity index (χ3n) is 4.23. The van der Waals surface area contributed by atoms with E-state index in [1.54, 1.807) is 0 Å². The Bertz CT molecular complexity index is 201. The van der Waals surface area contributed by atoms with E-state index in [1.807, 2.05) is 0 Å². The van der Waals surface area contributed by atoms with Crippen LogP contribution >= 0.6 is 0 Å². The quantitative estimate of drug-likeness (QED) is 0.714. The van der Waals surface area contributed by atoms with Gasteiger partial charge in [-0.05, 0) is 63.6 Å². The molecule has 0 aromatic carbocycles. The SMILES string of the molecule is CC(C)CCN(CCC(C)C)CC1CCNC1C. The van der Waals surface area contributed by atoms with Crippen LogP contribution in [0.15, 0.2) is 0 Å². The Hall–Kier alpha value is -0.0800. The van der Waals surface area contributed by atoms with E-state index < -0.39 is 0 Å². The van der Waals surface area contributed by atoms with Gasteiger partial charge in [0.25, 0.3) is 0 Å². The van der Waals surface area contributed by atoms with Crippen molar-refractivity contribution in [3.63, 3.8) is 0 Å². The highest BCUT2D eigenvalue weighted by Gasteiger charge is 2.24. The van der Waals surface area contributed by atoms with Crippen LogP contribution in [0.25, 0.3) is 0 Å². The van der Waals surface area contributed by atoms with Crippen molar-refractivity contribution in [2.24, 2.45) is 17.8 Å². The summed E-state index contributed by atoms with van der Waals surface area (Å²) in [5.74, 6) is 2.51. The van der Waals surface area contributed by atoms with Crippen molar-refractivity contribution in [1.29, 1.82) is 0 Å². The van der Waals surface area contributed by atoms with E-state index >= 15 is 0 Å². The predicted molar refractivity (Wildman–Crippen MR) is 80.9 cm³/mol. The second kappa shape index (κ2) is 8.16. The number of hydrogen-bond acceptors (Lipinski definition) is 2. The summed E-state index contributed by atoms with van der Waals surface area (Å²) in [6.45, 7) is 16.8. The zero-order valence-electron chi connectivity index (χ0n) is 13.2. The molecule has 0 bridgehead atoms. The zero-order valence-corrected chi connectivity index (χ0v) is 13.2. The lowest BCUT2D eigenvalue weighted by Crippen LogP contribution is -2.36. The van der Waals surface area contributed by atoms with Crippen LogP contribution in [0.5, 0.6) is 0 Å². The van der Waals surface area contributed by atoms with E-state index in [2.05, 4.69) is 44.8 Å². The molecule has 1 aliphatic heterocycles. The Morgan fingerprint density at radius 1 is 1.06 bits per heavy atom. The lowest BCUT2D eigenvalue weighted by atomic mass is 10.00. The largest absolute Gasteiger partial charge is 0.314 e. The Kier molecular flexibility index (Phi) is 7.25. The Morgan fingerprint density at radius 3 is 2.00 bits per heavy atom. The van der Waals surface area contributed by atoms with E-state index in [0.717, 1.165) is 17.8 Å². The smallest absolute Gasteiger partial charge is 0.00796 e. The highest BCUT2D eigenvalue weighted by atomic mass is 15.1. The summed E-state index contributed by atoms with van der Waals surface area (Å²) in [5, 5.41) is 3.58. The first-order valence-corrected chi connectivity index (χ1v) is 7.94. The van der Waals surface area contributed by atoms with Gasteiger partial charge in [-0.2, -0.15) is 0 Å². The van der Waals surface area contributed by atoms with Gasteiger partial charge in [-0.3, -0.25) is 0 Å². The first kappa shape index (κ1) is 16.0. The topological polar surface area (TPSA) is 15.3 Å². The average Bonchev–Trinajstić information content (AvgIpc) is 2.68. The molecule has 108 valence electrons. The predicted octanol–water partition coefficient (Wildman–Crippen LogP) is 3.38. The van der Waals surface area contributed by atoms with E-state index in [-0.39, 0.29) is 0 Å². The maximum absolute atomic E-state index is 3.58. The van der Waals surface area contributed by atoms with Crippen molar-refractivity contribution in [2.75, 3.05) is 26.2 Å². The second-order valence-corrected chi connectivity index (χ2v) is 6.96. The molecule has 0 aliphatic carbocycles. The maximum Gasteiger partial charge on any atom is 0.00796 e. The van der Waals surface area contributed by atoms with Crippen molar-refractivity contribution >= 4 is 0 Å². The van der Waals surface area contributed by atoms with E-state index in [9.17, 15) is 0 Å². The lowest BCUT2D eigenvalue weighted by molar-refractivity contribution is 0.203. The molecule has 0 aromatic rings. The van der Waals surface area contributed by atoms with Crippen molar-refractivity contribution < 1.29 is 0 Å². The average molecular weight is 254 g/mol. The molecule has 1 aliphatic rings. The molecule has 2 nitrogen and oxygen atoms in total. The van der Waals surface area contributed by atoms with Crippen LogP contribution in [-0.2, 0) is 0 Å². The van der Waals surface area contributed by atoms with Gasteiger partial charge in [0, 0.05) is 12.6 Å². The molecule has 2 heteroatoms. The molecule has 0 spiro atoms. The van der Waals surface area contributed by atoms with Crippen molar-refractivity contribution in [3.8, 4) is 0 Å². The summed E-state index contributed by atoms with van der Waals surface area (Å²) in [6, 6.07) is 0.714. The van der Waals surface area contributed by atoms with Crippen molar-refractivity contribution in [1.82, 2.24) is 10.2 Å². The fourth-order valence-electron chi connectivity index (χ4n) is 2.67. The molecule has 2 unspecified atom stereocenters. The standard InChI is InChI=1S/C16H34N2/c1-13(2)7-10-18(11-8-14(3)4)12-16-6-9-17-15(16)5/h13-17H,6-12H2,1-5H3. The molecular formula is C16H34N2. The molecule has 0 aromatic heterocycles. The summed E-state index contributed by atoms with van der Waals surface area (Å²) in [6.07, 6.45) is 4.04. The van der Waals surface area contributed by atoms with Gasteiger partial charge in [0.1, 0.15) is 0 Å². The van der Waals surface area contributed by atoms with E-state index in [0.29, 0.717) is 6.04 Å². The molecular weight excluding hydrogens is 220 g/mol. The fourth-order valence-corrected chi connectivity index (χ4v) is 2.67. The molecule has 1 rings (SSSR count). The normalized spacial score (nSPS) is 24.7. The van der Waals surface area contributed by atoms with Gasteiger partial charge in [0.2, 0.25) is 0 Å². The van der Waals surface area contributed by atoms with Gasteiger partial charge in [0.05, 0.1) is 0 Å². The molecule has 0 radical (unpaired) electrons. The first-order chi connectivity index (χ1) is 8.49. The molecule has 0 amide bonds. The molecule has 1 fully saturated rings. The summed E-state index contributed by atoms with van der Waals surface area (Å²) in [5.41, 5.74) is 0. The van der Waals surface area contributed by atoms with Gasteiger partial charge in [0.15, 0.2) is 0 Å². The molecule has 2 atom stereocenters.